The van der Waals surface area contributed by atoms with Crippen molar-refractivity contribution < 1.29 is 14.3 Å². The number of para-hydroxylation sites is 1. The number of β-amino-alcohol motifs (C(OH)–C–C–N with tert-alkyl or cyclic N) is 1. The second-order valence-corrected chi connectivity index (χ2v) is 5.14. The molecular formula is C13H15FN2O2. The number of amides is 2. The minimum absolute atomic E-state index is 0.171. The standard InChI is InChI=1S/C13H15FN2O2/c14-10-3-1-2-4-11(10)15-12(17)16-7-13(18,8-16)9-5-6-9/h1-4,9,18H,5-8H2,(H,15,17). The molecule has 0 bridgehead atoms. The van der Waals surface area contributed by atoms with E-state index in [1.54, 1.807) is 12.1 Å². The van der Waals surface area contributed by atoms with Crippen molar-refractivity contribution >= 4 is 11.7 Å². The molecule has 2 aliphatic rings. The third-order valence-corrected chi connectivity index (χ3v) is 3.67. The molecule has 0 atom stereocenters. The molecule has 0 radical (unpaired) electrons. The molecule has 5 heteroatoms. The van der Waals surface area contributed by atoms with Gasteiger partial charge in [0.05, 0.1) is 18.8 Å². The Bertz CT molecular complexity index is 482. The molecule has 1 aromatic rings. The van der Waals surface area contributed by atoms with Gasteiger partial charge in [-0.15, -0.1) is 0 Å². The fourth-order valence-corrected chi connectivity index (χ4v) is 2.39. The molecule has 0 aromatic heterocycles. The summed E-state index contributed by atoms with van der Waals surface area (Å²) in [6, 6.07) is 5.69. The van der Waals surface area contributed by atoms with Crippen molar-refractivity contribution in [1.29, 1.82) is 0 Å². The van der Waals surface area contributed by atoms with Gasteiger partial charge in [0, 0.05) is 0 Å². The largest absolute Gasteiger partial charge is 0.386 e. The second-order valence-electron chi connectivity index (χ2n) is 5.14. The van der Waals surface area contributed by atoms with Crippen LogP contribution in [-0.2, 0) is 0 Å². The number of urea groups is 1. The lowest BCUT2D eigenvalue weighted by Crippen LogP contribution is -2.65. The minimum Gasteiger partial charge on any atom is -0.386 e. The highest BCUT2D eigenvalue weighted by atomic mass is 19.1. The van der Waals surface area contributed by atoms with E-state index < -0.39 is 11.4 Å². The van der Waals surface area contributed by atoms with E-state index in [0.717, 1.165) is 12.8 Å². The van der Waals surface area contributed by atoms with E-state index in [1.807, 2.05) is 0 Å². The van der Waals surface area contributed by atoms with Crippen LogP contribution in [0.5, 0.6) is 0 Å². The van der Waals surface area contributed by atoms with Crippen molar-refractivity contribution in [2.45, 2.75) is 18.4 Å². The van der Waals surface area contributed by atoms with Crippen LogP contribution in [0.4, 0.5) is 14.9 Å². The topological polar surface area (TPSA) is 52.6 Å². The van der Waals surface area contributed by atoms with Gasteiger partial charge in [-0.3, -0.25) is 0 Å². The molecule has 2 N–H and O–H groups in total. The summed E-state index contributed by atoms with van der Waals surface area (Å²) in [6.07, 6.45) is 2.08. The first-order chi connectivity index (χ1) is 8.58. The Balaban J connectivity index is 1.59. The number of aliphatic hydroxyl groups is 1. The quantitative estimate of drug-likeness (QED) is 0.841. The van der Waals surface area contributed by atoms with Crippen molar-refractivity contribution in [3.05, 3.63) is 30.1 Å². The number of halogens is 1. The predicted molar refractivity (Wildman–Crippen MR) is 64.7 cm³/mol. The van der Waals surface area contributed by atoms with Crippen LogP contribution in [-0.4, -0.2) is 34.7 Å². The number of benzene rings is 1. The molecule has 4 nitrogen and oxygen atoms in total. The van der Waals surface area contributed by atoms with Gasteiger partial charge in [-0.2, -0.15) is 0 Å². The van der Waals surface area contributed by atoms with E-state index in [9.17, 15) is 14.3 Å². The fourth-order valence-electron chi connectivity index (χ4n) is 2.39. The molecule has 1 aromatic carbocycles. The molecule has 96 valence electrons. The van der Waals surface area contributed by atoms with Gasteiger partial charge < -0.3 is 15.3 Å². The molecule has 18 heavy (non-hydrogen) atoms. The third kappa shape index (κ3) is 1.95. The molecular weight excluding hydrogens is 235 g/mol. The zero-order valence-corrected chi connectivity index (χ0v) is 9.90. The summed E-state index contributed by atoms with van der Waals surface area (Å²) in [7, 11) is 0. The number of hydrogen-bond acceptors (Lipinski definition) is 2. The van der Waals surface area contributed by atoms with Crippen LogP contribution in [0, 0.1) is 11.7 Å². The molecule has 3 rings (SSSR count). The van der Waals surface area contributed by atoms with E-state index >= 15 is 0 Å². The monoisotopic (exact) mass is 250 g/mol. The number of nitrogens with zero attached hydrogens (tertiary/aromatic N) is 1. The minimum atomic E-state index is -0.702. The zero-order valence-electron chi connectivity index (χ0n) is 9.90. The van der Waals surface area contributed by atoms with E-state index in [4.69, 9.17) is 0 Å². The number of likely N-dealkylation sites (tertiary alicyclic amines) is 1. The van der Waals surface area contributed by atoms with E-state index in [0.29, 0.717) is 19.0 Å². The molecule has 1 aliphatic heterocycles. The van der Waals surface area contributed by atoms with Gasteiger partial charge in [-0.05, 0) is 30.9 Å². The van der Waals surface area contributed by atoms with Crippen LogP contribution in [0.3, 0.4) is 0 Å². The number of nitrogens with one attached hydrogen (secondary N) is 1. The lowest BCUT2D eigenvalue weighted by molar-refractivity contribution is -0.0897. The molecule has 0 spiro atoms. The van der Waals surface area contributed by atoms with Gasteiger partial charge in [0.2, 0.25) is 0 Å². The highest BCUT2D eigenvalue weighted by Gasteiger charge is 2.53. The molecule has 1 aliphatic carbocycles. The average molecular weight is 250 g/mol. The van der Waals surface area contributed by atoms with Gasteiger partial charge >= 0.3 is 6.03 Å². The molecule has 1 heterocycles. The first-order valence-electron chi connectivity index (χ1n) is 6.11. The Morgan fingerprint density at radius 1 is 1.39 bits per heavy atom. The van der Waals surface area contributed by atoms with Gasteiger partial charge in [0.25, 0.3) is 0 Å². The lowest BCUT2D eigenvalue weighted by atomic mass is 9.89. The summed E-state index contributed by atoms with van der Waals surface area (Å²) in [5, 5.41) is 12.6. The number of rotatable bonds is 2. The SMILES string of the molecule is O=C(Nc1ccccc1F)N1CC(O)(C2CC2)C1. The maximum atomic E-state index is 13.3. The first kappa shape index (κ1) is 11.5. The van der Waals surface area contributed by atoms with Crippen LogP contribution in [0.25, 0.3) is 0 Å². The molecule has 1 saturated carbocycles. The Morgan fingerprint density at radius 3 is 2.67 bits per heavy atom. The maximum absolute atomic E-state index is 13.3. The molecule has 0 unspecified atom stereocenters. The second kappa shape index (κ2) is 3.95. The van der Waals surface area contributed by atoms with E-state index in [-0.39, 0.29) is 11.7 Å². The molecule has 2 amide bonds. The maximum Gasteiger partial charge on any atom is 0.322 e. The first-order valence-corrected chi connectivity index (χ1v) is 6.11. The summed E-state index contributed by atoms with van der Waals surface area (Å²) in [5.41, 5.74) is -0.531. The number of hydrogen-bond donors (Lipinski definition) is 2. The van der Waals surface area contributed by atoms with Gasteiger partial charge in [0.1, 0.15) is 11.4 Å². The Labute approximate surface area is 104 Å². The summed E-state index contributed by atoms with van der Waals surface area (Å²) in [5.74, 6) is -0.112. The third-order valence-electron chi connectivity index (χ3n) is 3.67. The lowest BCUT2D eigenvalue weighted by Gasteiger charge is -2.46. The highest BCUT2D eigenvalue weighted by Crippen LogP contribution is 2.44. The average Bonchev–Trinajstić information content (AvgIpc) is 3.12. The van der Waals surface area contributed by atoms with Crippen LogP contribution in [0.1, 0.15) is 12.8 Å². The van der Waals surface area contributed by atoms with Crippen molar-refractivity contribution in [3.63, 3.8) is 0 Å². The van der Waals surface area contributed by atoms with Gasteiger partial charge in [-0.1, -0.05) is 12.1 Å². The fraction of sp³-hybridized carbons (Fsp3) is 0.462. The Hall–Kier alpha value is -1.62. The molecule has 1 saturated heterocycles. The zero-order chi connectivity index (χ0) is 12.8. The van der Waals surface area contributed by atoms with Gasteiger partial charge in [-0.25, -0.2) is 9.18 Å². The Kier molecular flexibility index (Phi) is 2.52. The van der Waals surface area contributed by atoms with Crippen LogP contribution >= 0.6 is 0 Å². The van der Waals surface area contributed by atoms with Crippen molar-refractivity contribution in [2.75, 3.05) is 18.4 Å². The van der Waals surface area contributed by atoms with Crippen LogP contribution in [0.15, 0.2) is 24.3 Å². The molecule has 2 fully saturated rings. The summed E-state index contributed by atoms with van der Waals surface area (Å²) in [4.78, 5) is 13.3. The number of anilines is 1. The highest BCUT2D eigenvalue weighted by molar-refractivity contribution is 5.90. The van der Waals surface area contributed by atoms with E-state index in [2.05, 4.69) is 5.32 Å². The van der Waals surface area contributed by atoms with Crippen molar-refractivity contribution in [1.82, 2.24) is 4.90 Å². The smallest absolute Gasteiger partial charge is 0.322 e. The number of carbonyl (C=O) groups is 1. The number of carbonyl (C=O) groups excluding carboxylic acids is 1. The van der Waals surface area contributed by atoms with Crippen molar-refractivity contribution in [3.8, 4) is 0 Å². The normalized spacial score (nSPS) is 21.3. The van der Waals surface area contributed by atoms with Crippen molar-refractivity contribution in [2.24, 2.45) is 5.92 Å². The summed E-state index contributed by atoms with van der Waals surface area (Å²) < 4.78 is 13.3. The predicted octanol–water partition coefficient (Wildman–Crippen LogP) is 1.81. The summed E-state index contributed by atoms with van der Waals surface area (Å²) >= 11 is 0. The van der Waals surface area contributed by atoms with Gasteiger partial charge in [0.15, 0.2) is 0 Å². The Morgan fingerprint density at radius 2 is 2.06 bits per heavy atom. The summed E-state index contributed by atoms with van der Waals surface area (Å²) in [6.45, 7) is 0.690. The van der Waals surface area contributed by atoms with Crippen LogP contribution < -0.4 is 5.32 Å². The van der Waals surface area contributed by atoms with Crippen LogP contribution in [0.2, 0.25) is 0 Å². The van der Waals surface area contributed by atoms with E-state index in [1.165, 1.54) is 17.0 Å².